The molecule has 2 rings (SSSR count). The van der Waals surface area contributed by atoms with Crippen LogP contribution in [0.1, 0.15) is 17.2 Å². The highest BCUT2D eigenvalue weighted by Crippen LogP contribution is 2.24. The summed E-state index contributed by atoms with van der Waals surface area (Å²) in [6.07, 6.45) is 4.49. The molecule has 19 heavy (non-hydrogen) atoms. The van der Waals surface area contributed by atoms with E-state index in [4.69, 9.17) is 4.74 Å². The van der Waals surface area contributed by atoms with Crippen molar-refractivity contribution >= 4 is 15.9 Å². The van der Waals surface area contributed by atoms with Crippen molar-refractivity contribution in [2.75, 3.05) is 14.2 Å². The molecule has 0 aliphatic rings. The number of nitrogens with zero attached hydrogens (tertiary/aromatic N) is 1. The van der Waals surface area contributed by atoms with Gasteiger partial charge in [0.1, 0.15) is 5.75 Å². The maximum atomic E-state index is 5.22. The zero-order chi connectivity index (χ0) is 13.7. The highest BCUT2D eigenvalue weighted by Gasteiger charge is 2.12. The topological polar surface area (TPSA) is 34.2 Å². The lowest BCUT2D eigenvalue weighted by Crippen LogP contribution is -2.19. The lowest BCUT2D eigenvalue weighted by Gasteiger charge is -2.17. The number of rotatable bonds is 5. The van der Waals surface area contributed by atoms with Crippen molar-refractivity contribution in [2.24, 2.45) is 0 Å². The summed E-state index contributed by atoms with van der Waals surface area (Å²) in [5.74, 6) is 0.782. The first-order chi connectivity index (χ1) is 9.24. The third kappa shape index (κ3) is 3.55. The van der Waals surface area contributed by atoms with Crippen LogP contribution in [0, 0.1) is 0 Å². The molecule has 1 atom stereocenters. The van der Waals surface area contributed by atoms with Gasteiger partial charge in [0.15, 0.2) is 0 Å². The van der Waals surface area contributed by atoms with E-state index in [0.717, 1.165) is 22.2 Å². The lowest BCUT2D eigenvalue weighted by molar-refractivity contribution is 0.411. The molecule has 0 fully saturated rings. The van der Waals surface area contributed by atoms with Crippen molar-refractivity contribution in [3.8, 4) is 5.75 Å². The van der Waals surface area contributed by atoms with Gasteiger partial charge in [-0.25, -0.2) is 0 Å². The SMILES string of the molecule is CNC(Cc1ccccc1Br)c1cncc(OC)c1. The summed E-state index contributed by atoms with van der Waals surface area (Å²) in [5, 5.41) is 3.33. The number of pyridine rings is 1. The Morgan fingerprint density at radius 1 is 1.32 bits per heavy atom. The number of likely N-dealkylation sites (N-methyl/N-ethyl adjacent to an activating group) is 1. The summed E-state index contributed by atoms with van der Waals surface area (Å²) in [7, 11) is 3.62. The van der Waals surface area contributed by atoms with E-state index in [1.165, 1.54) is 5.56 Å². The van der Waals surface area contributed by atoms with E-state index in [1.54, 1.807) is 13.3 Å². The van der Waals surface area contributed by atoms with Crippen LogP contribution in [-0.2, 0) is 6.42 Å². The van der Waals surface area contributed by atoms with E-state index in [9.17, 15) is 0 Å². The second-order valence-electron chi connectivity index (χ2n) is 4.29. The van der Waals surface area contributed by atoms with Crippen LogP contribution in [0.25, 0.3) is 0 Å². The van der Waals surface area contributed by atoms with Gasteiger partial charge in [-0.1, -0.05) is 34.1 Å². The summed E-state index contributed by atoms with van der Waals surface area (Å²) in [6.45, 7) is 0. The summed E-state index contributed by atoms with van der Waals surface area (Å²) < 4.78 is 6.35. The van der Waals surface area contributed by atoms with Crippen molar-refractivity contribution in [3.63, 3.8) is 0 Å². The first-order valence-electron chi connectivity index (χ1n) is 6.14. The predicted octanol–water partition coefficient (Wildman–Crippen LogP) is 3.36. The van der Waals surface area contributed by atoms with Gasteiger partial charge in [0, 0.05) is 16.7 Å². The van der Waals surface area contributed by atoms with E-state index >= 15 is 0 Å². The number of nitrogens with one attached hydrogen (secondary N) is 1. The summed E-state index contributed by atoms with van der Waals surface area (Å²) in [5.41, 5.74) is 2.39. The molecule has 0 spiro atoms. The molecule has 0 bridgehead atoms. The van der Waals surface area contributed by atoms with E-state index < -0.39 is 0 Å². The first kappa shape index (κ1) is 14.0. The van der Waals surface area contributed by atoms with Crippen molar-refractivity contribution in [3.05, 3.63) is 58.3 Å². The fourth-order valence-corrected chi connectivity index (χ4v) is 2.45. The average molecular weight is 321 g/mol. The van der Waals surface area contributed by atoms with E-state index in [0.29, 0.717) is 0 Å². The monoisotopic (exact) mass is 320 g/mol. The summed E-state index contributed by atoms with van der Waals surface area (Å²) in [4.78, 5) is 4.21. The molecule has 0 aliphatic carbocycles. The van der Waals surface area contributed by atoms with Gasteiger partial charge in [-0.15, -0.1) is 0 Å². The number of hydrogen-bond acceptors (Lipinski definition) is 3. The van der Waals surface area contributed by atoms with Crippen LogP contribution in [0.3, 0.4) is 0 Å². The quantitative estimate of drug-likeness (QED) is 0.917. The molecule has 0 amide bonds. The Bertz CT molecular complexity index is 545. The average Bonchev–Trinajstić information content (AvgIpc) is 2.46. The highest BCUT2D eigenvalue weighted by atomic mass is 79.9. The predicted molar refractivity (Wildman–Crippen MR) is 80.4 cm³/mol. The fraction of sp³-hybridized carbons (Fsp3) is 0.267. The molecule has 0 saturated carbocycles. The van der Waals surface area contributed by atoms with Gasteiger partial charge in [-0.3, -0.25) is 4.98 Å². The zero-order valence-electron chi connectivity index (χ0n) is 11.1. The molecule has 1 unspecified atom stereocenters. The standard InChI is InChI=1S/C15H17BrN2O/c1-17-15(8-11-5-3-4-6-14(11)16)12-7-13(19-2)10-18-9-12/h3-7,9-10,15,17H,8H2,1-2H3. The lowest BCUT2D eigenvalue weighted by atomic mass is 10.0. The number of methoxy groups -OCH3 is 1. The van der Waals surface area contributed by atoms with Gasteiger partial charge in [0.2, 0.25) is 0 Å². The van der Waals surface area contributed by atoms with Gasteiger partial charge < -0.3 is 10.1 Å². The van der Waals surface area contributed by atoms with Gasteiger partial charge >= 0.3 is 0 Å². The molecule has 0 aliphatic heterocycles. The maximum Gasteiger partial charge on any atom is 0.137 e. The molecule has 1 aromatic heterocycles. The smallest absolute Gasteiger partial charge is 0.137 e. The second-order valence-corrected chi connectivity index (χ2v) is 5.15. The zero-order valence-corrected chi connectivity index (χ0v) is 12.6. The van der Waals surface area contributed by atoms with Crippen LogP contribution in [0.4, 0.5) is 0 Å². The van der Waals surface area contributed by atoms with Gasteiger partial charge in [0.05, 0.1) is 13.3 Å². The van der Waals surface area contributed by atoms with Gasteiger partial charge in [0.25, 0.3) is 0 Å². The number of halogens is 1. The van der Waals surface area contributed by atoms with Crippen LogP contribution in [0.2, 0.25) is 0 Å². The van der Waals surface area contributed by atoms with Crippen LogP contribution in [0.15, 0.2) is 47.2 Å². The Morgan fingerprint density at radius 3 is 2.79 bits per heavy atom. The molecule has 100 valence electrons. The molecule has 0 radical (unpaired) electrons. The minimum absolute atomic E-state index is 0.210. The molecule has 1 N–H and O–H groups in total. The molecule has 0 saturated heterocycles. The molecule has 1 heterocycles. The fourth-order valence-electron chi connectivity index (χ4n) is 2.01. The molecule has 1 aromatic carbocycles. The minimum Gasteiger partial charge on any atom is -0.495 e. The largest absolute Gasteiger partial charge is 0.495 e. The number of aromatic nitrogens is 1. The van der Waals surface area contributed by atoms with E-state index in [2.05, 4.69) is 44.4 Å². The van der Waals surface area contributed by atoms with Crippen molar-refractivity contribution in [1.29, 1.82) is 0 Å². The number of hydrogen-bond donors (Lipinski definition) is 1. The van der Waals surface area contributed by atoms with Crippen LogP contribution in [0.5, 0.6) is 5.75 Å². The maximum absolute atomic E-state index is 5.22. The normalized spacial score (nSPS) is 12.2. The molecule has 3 nitrogen and oxygen atoms in total. The first-order valence-corrected chi connectivity index (χ1v) is 6.93. The summed E-state index contributed by atoms with van der Waals surface area (Å²) >= 11 is 3.59. The molecule has 4 heteroatoms. The van der Waals surface area contributed by atoms with Gasteiger partial charge in [-0.05, 0) is 36.7 Å². The van der Waals surface area contributed by atoms with Crippen molar-refractivity contribution < 1.29 is 4.74 Å². The Hall–Kier alpha value is -1.39. The molecular weight excluding hydrogens is 304 g/mol. The molecular formula is C15H17BrN2O. The minimum atomic E-state index is 0.210. The van der Waals surface area contributed by atoms with Crippen molar-refractivity contribution in [2.45, 2.75) is 12.5 Å². The Balaban J connectivity index is 2.22. The number of benzene rings is 1. The Kier molecular flexibility index (Phi) is 4.93. The summed E-state index contributed by atoms with van der Waals surface area (Å²) in [6, 6.07) is 10.5. The number of ether oxygens (including phenoxy) is 1. The third-order valence-corrected chi connectivity index (χ3v) is 3.88. The highest BCUT2D eigenvalue weighted by molar-refractivity contribution is 9.10. The van der Waals surface area contributed by atoms with Crippen LogP contribution >= 0.6 is 15.9 Å². The Morgan fingerprint density at radius 2 is 2.11 bits per heavy atom. The van der Waals surface area contributed by atoms with Gasteiger partial charge in [-0.2, -0.15) is 0 Å². The Labute approximate surface area is 122 Å². The van der Waals surface area contributed by atoms with Crippen LogP contribution < -0.4 is 10.1 Å². The third-order valence-electron chi connectivity index (χ3n) is 3.10. The molecule has 2 aromatic rings. The van der Waals surface area contributed by atoms with E-state index in [-0.39, 0.29) is 6.04 Å². The van der Waals surface area contributed by atoms with E-state index in [1.807, 2.05) is 25.4 Å². The second kappa shape index (κ2) is 6.68. The van der Waals surface area contributed by atoms with Crippen molar-refractivity contribution in [1.82, 2.24) is 10.3 Å². The van der Waals surface area contributed by atoms with Crippen LogP contribution in [-0.4, -0.2) is 19.1 Å².